The van der Waals surface area contributed by atoms with Crippen LogP contribution in [0.1, 0.15) is 26.3 Å². The Bertz CT molecular complexity index is 1200. The lowest BCUT2D eigenvalue weighted by Crippen LogP contribution is -2.00. The molecule has 0 bridgehead atoms. The third-order valence-electron chi connectivity index (χ3n) is 4.78. The predicted molar refractivity (Wildman–Crippen MR) is 120 cm³/mol. The lowest BCUT2D eigenvalue weighted by molar-refractivity contribution is 0.0696. The van der Waals surface area contributed by atoms with Gasteiger partial charge in [-0.25, -0.2) is 9.78 Å². The third-order valence-corrected chi connectivity index (χ3v) is 4.78. The Kier molecular flexibility index (Phi) is 7.24. The highest BCUT2D eigenvalue weighted by Crippen LogP contribution is 2.40. The molecule has 0 aliphatic carbocycles. The summed E-state index contributed by atoms with van der Waals surface area (Å²) in [5, 5.41) is 9.01. The molecule has 0 fully saturated rings. The average Bonchev–Trinajstić information content (AvgIpc) is 2.86. The van der Waals surface area contributed by atoms with E-state index >= 15 is 0 Å². The molecule has 0 amide bonds. The number of allylic oxidation sites excluding steroid dienone is 1. The smallest absolute Gasteiger partial charge is 0.335 e. The number of carboxylic acids is 1. The quantitative estimate of drug-likeness (QED) is 0.384. The van der Waals surface area contributed by atoms with Crippen LogP contribution in [0.3, 0.4) is 0 Å². The highest BCUT2D eigenvalue weighted by molar-refractivity contribution is 6.07. The molecule has 170 valence electrons. The number of methoxy groups -OCH3 is 4. The summed E-state index contributed by atoms with van der Waals surface area (Å²) in [5.41, 5.74) is 2.24. The van der Waals surface area contributed by atoms with Gasteiger partial charge >= 0.3 is 12.0 Å². The second-order valence-corrected chi connectivity index (χ2v) is 6.65. The fourth-order valence-electron chi connectivity index (χ4n) is 3.09. The first kappa shape index (κ1) is 23.3. The van der Waals surface area contributed by atoms with Crippen LogP contribution in [0.2, 0.25) is 0 Å². The van der Waals surface area contributed by atoms with Gasteiger partial charge in [0.1, 0.15) is 11.5 Å². The van der Waals surface area contributed by atoms with E-state index in [1.54, 1.807) is 24.4 Å². The van der Waals surface area contributed by atoms with Crippen LogP contribution in [-0.4, -0.2) is 55.3 Å². The number of ketones is 1. The van der Waals surface area contributed by atoms with Crippen molar-refractivity contribution in [2.75, 3.05) is 28.4 Å². The SMILES string of the molecule is COc1ncc(-c2cc(C=CC(=O)c3ccc(C(=O)O)cc3)c(OC)cc2OC)c(OC)n1. The molecule has 0 unspecified atom stereocenters. The number of benzene rings is 2. The van der Waals surface area contributed by atoms with Gasteiger partial charge in [0, 0.05) is 29.0 Å². The maximum atomic E-state index is 12.6. The van der Waals surface area contributed by atoms with Gasteiger partial charge in [0.2, 0.25) is 5.88 Å². The summed E-state index contributed by atoms with van der Waals surface area (Å²) in [5.74, 6) is -0.0922. The Morgan fingerprint density at radius 1 is 0.848 bits per heavy atom. The Morgan fingerprint density at radius 2 is 1.52 bits per heavy atom. The summed E-state index contributed by atoms with van der Waals surface area (Å²) in [6, 6.07) is 9.30. The van der Waals surface area contributed by atoms with Crippen LogP contribution in [0.25, 0.3) is 17.2 Å². The molecule has 0 saturated heterocycles. The minimum atomic E-state index is -1.06. The summed E-state index contributed by atoms with van der Waals surface area (Å²) in [4.78, 5) is 32.0. The topological polar surface area (TPSA) is 117 Å². The number of hydrogen-bond acceptors (Lipinski definition) is 8. The zero-order chi connectivity index (χ0) is 24.0. The van der Waals surface area contributed by atoms with Crippen molar-refractivity contribution in [3.8, 4) is 34.5 Å². The van der Waals surface area contributed by atoms with Crippen LogP contribution < -0.4 is 18.9 Å². The molecule has 2 aromatic carbocycles. The molecular formula is C24H22N2O7. The summed E-state index contributed by atoms with van der Waals surface area (Å²) in [6.45, 7) is 0. The molecule has 0 atom stereocenters. The zero-order valence-electron chi connectivity index (χ0n) is 18.5. The van der Waals surface area contributed by atoms with Crippen molar-refractivity contribution in [3.05, 3.63) is 65.4 Å². The van der Waals surface area contributed by atoms with E-state index in [1.165, 1.54) is 58.8 Å². The molecule has 9 nitrogen and oxygen atoms in total. The predicted octanol–water partition coefficient (Wildman–Crippen LogP) is 3.77. The molecule has 3 aromatic rings. The fraction of sp³-hybridized carbons (Fsp3) is 0.167. The lowest BCUT2D eigenvalue weighted by Gasteiger charge is -2.15. The number of rotatable bonds is 9. The van der Waals surface area contributed by atoms with E-state index in [1.807, 2.05) is 0 Å². The summed E-state index contributed by atoms with van der Waals surface area (Å²) >= 11 is 0. The first-order valence-electron chi connectivity index (χ1n) is 9.69. The number of ether oxygens (including phenoxy) is 4. The van der Waals surface area contributed by atoms with Gasteiger partial charge in [-0.05, 0) is 30.4 Å². The van der Waals surface area contributed by atoms with E-state index in [4.69, 9.17) is 24.1 Å². The maximum absolute atomic E-state index is 12.6. The number of aromatic nitrogens is 2. The fourth-order valence-corrected chi connectivity index (χ4v) is 3.09. The molecule has 0 aliphatic heterocycles. The van der Waals surface area contributed by atoms with E-state index in [-0.39, 0.29) is 23.2 Å². The number of carbonyl (C=O) groups excluding carboxylic acids is 1. The summed E-state index contributed by atoms with van der Waals surface area (Å²) in [6.07, 6.45) is 4.54. The van der Waals surface area contributed by atoms with Crippen molar-refractivity contribution in [2.24, 2.45) is 0 Å². The highest BCUT2D eigenvalue weighted by atomic mass is 16.5. The van der Waals surface area contributed by atoms with Crippen LogP contribution >= 0.6 is 0 Å². The number of hydrogen-bond donors (Lipinski definition) is 1. The number of carbonyl (C=O) groups is 2. The Balaban J connectivity index is 2.02. The van der Waals surface area contributed by atoms with Crippen molar-refractivity contribution in [3.63, 3.8) is 0 Å². The van der Waals surface area contributed by atoms with Crippen molar-refractivity contribution in [1.82, 2.24) is 9.97 Å². The first-order valence-corrected chi connectivity index (χ1v) is 9.69. The first-order chi connectivity index (χ1) is 15.9. The van der Waals surface area contributed by atoms with E-state index in [2.05, 4.69) is 9.97 Å². The molecule has 9 heteroatoms. The molecule has 1 N–H and O–H groups in total. The van der Waals surface area contributed by atoms with Gasteiger partial charge in [0.15, 0.2) is 5.78 Å². The Labute approximate surface area is 190 Å². The van der Waals surface area contributed by atoms with Gasteiger partial charge in [0.25, 0.3) is 0 Å². The molecule has 1 heterocycles. The second-order valence-electron chi connectivity index (χ2n) is 6.65. The van der Waals surface area contributed by atoms with Crippen LogP contribution in [0.4, 0.5) is 0 Å². The van der Waals surface area contributed by atoms with Crippen molar-refractivity contribution in [1.29, 1.82) is 0 Å². The molecule has 0 saturated carbocycles. The number of carboxylic acid groups (broad SMARTS) is 1. The standard InChI is InChI=1S/C24H22N2O7/c1-30-20-12-21(31-2)17(18-13-25-24(33-4)26-22(18)32-3)11-16(20)9-10-19(27)14-5-7-15(8-6-14)23(28)29/h5-13H,1-4H3,(H,28,29). The molecule has 0 aliphatic rings. The Hall–Kier alpha value is -4.40. The lowest BCUT2D eigenvalue weighted by atomic mass is 10.0. The van der Waals surface area contributed by atoms with Gasteiger partial charge < -0.3 is 24.1 Å². The maximum Gasteiger partial charge on any atom is 0.335 e. The van der Waals surface area contributed by atoms with Gasteiger partial charge in [-0.2, -0.15) is 4.98 Å². The molecule has 3 rings (SSSR count). The Morgan fingerprint density at radius 3 is 2.09 bits per heavy atom. The van der Waals surface area contributed by atoms with E-state index in [0.717, 1.165) is 0 Å². The third kappa shape index (κ3) is 5.09. The molecule has 33 heavy (non-hydrogen) atoms. The van der Waals surface area contributed by atoms with Gasteiger partial charge in [-0.15, -0.1) is 0 Å². The monoisotopic (exact) mass is 450 g/mol. The average molecular weight is 450 g/mol. The number of nitrogens with zero attached hydrogens (tertiary/aromatic N) is 2. The van der Waals surface area contributed by atoms with Crippen LogP contribution in [0.5, 0.6) is 23.4 Å². The van der Waals surface area contributed by atoms with Gasteiger partial charge in [0.05, 0.1) is 39.6 Å². The molecule has 0 radical (unpaired) electrons. The number of aromatic carboxylic acids is 1. The molecular weight excluding hydrogens is 428 g/mol. The zero-order valence-corrected chi connectivity index (χ0v) is 18.5. The molecule has 0 spiro atoms. The largest absolute Gasteiger partial charge is 0.496 e. The van der Waals surface area contributed by atoms with Crippen LogP contribution in [0, 0.1) is 0 Å². The van der Waals surface area contributed by atoms with Crippen molar-refractivity contribution in [2.45, 2.75) is 0 Å². The van der Waals surface area contributed by atoms with Gasteiger partial charge in [-0.3, -0.25) is 4.79 Å². The minimum Gasteiger partial charge on any atom is -0.496 e. The van der Waals surface area contributed by atoms with E-state index in [0.29, 0.717) is 33.8 Å². The van der Waals surface area contributed by atoms with E-state index in [9.17, 15) is 9.59 Å². The van der Waals surface area contributed by atoms with Crippen LogP contribution in [-0.2, 0) is 0 Å². The van der Waals surface area contributed by atoms with Gasteiger partial charge in [-0.1, -0.05) is 12.1 Å². The van der Waals surface area contributed by atoms with E-state index < -0.39 is 5.97 Å². The molecule has 1 aromatic heterocycles. The van der Waals surface area contributed by atoms with Crippen LogP contribution in [0.15, 0.2) is 48.7 Å². The van der Waals surface area contributed by atoms with Crippen molar-refractivity contribution >= 4 is 17.8 Å². The highest BCUT2D eigenvalue weighted by Gasteiger charge is 2.18. The van der Waals surface area contributed by atoms with Crippen molar-refractivity contribution < 1.29 is 33.6 Å². The summed E-state index contributed by atoms with van der Waals surface area (Å²) < 4.78 is 21.4. The normalized spacial score (nSPS) is 10.7. The summed E-state index contributed by atoms with van der Waals surface area (Å²) in [7, 11) is 5.97. The second kappa shape index (κ2) is 10.3. The minimum absolute atomic E-state index is 0.104.